The van der Waals surface area contributed by atoms with Crippen LogP contribution in [0.3, 0.4) is 0 Å². The van der Waals surface area contributed by atoms with Crippen LogP contribution in [0.2, 0.25) is 0 Å². The van der Waals surface area contributed by atoms with E-state index in [1.54, 1.807) is 0 Å². The number of methoxy groups -OCH3 is 1. The molecule has 0 unspecified atom stereocenters. The molecule has 0 spiro atoms. The van der Waals surface area contributed by atoms with Gasteiger partial charge in [-0.15, -0.1) is 0 Å². The van der Waals surface area contributed by atoms with Gasteiger partial charge in [-0.2, -0.15) is 4.39 Å². The number of rotatable bonds is 3. The minimum atomic E-state index is -1.73. The highest BCUT2D eigenvalue weighted by molar-refractivity contribution is 6.01. The Kier molecular flexibility index (Phi) is 3.62. The Morgan fingerprint density at radius 2 is 2.05 bits per heavy atom. The van der Waals surface area contributed by atoms with Crippen LogP contribution in [0.5, 0.6) is 0 Å². The minimum absolute atomic E-state index is 0.0991. The molecule has 0 amide bonds. The van der Waals surface area contributed by atoms with Crippen LogP contribution < -0.4 is 0 Å². The molecule has 0 saturated carbocycles. The lowest BCUT2D eigenvalue weighted by Gasteiger charge is -2.08. The molecule has 8 heteroatoms. The molecular formula is C13H9FN2O5. The molecule has 0 N–H and O–H groups in total. The molecule has 2 aromatic rings. The number of carbonyl (C=O) groups is 2. The zero-order valence-electron chi connectivity index (χ0n) is 11.0. The Bertz CT molecular complexity index is 788. The molecule has 0 fully saturated rings. The molecule has 21 heavy (non-hydrogen) atoms. The third-order valence-corrected chi connectivity index (χ3v) is 3.01. The lowest BCUT2D eigenvalue weighted by molar-refractivity contribution is -0.385. The normalized spacial score (nSPS) is 10.4. The Balaban J connectivity index is 2.87. The molecule has 1 aromatic heterocycles. The molecule has 0 saturated heterocycles. The van der Waals surface area contributed by atoms with Crippen LogP contribution in [-0.2, 0) is 4.74 Å². The van der Waals surface area contributed by atoms with Crippen molar-refractivity contribution < 1.29 is 23.6 Å². The summed E-state index contributed by atoms with van der Waals surface area (Å²) in [6.07, 6.45) is 0. The predicted octanol–water partition coefficient (Wildman–Crippen LogP) is 2.35. The second-order valence-electron chi connectivity index (χ2n) is 4.18. The number of hydrogen-bond acceptors (Lipinski definition) is 6. The summed E-state index contributed by atoms with van der Waals surface area (Å²) in [6, 6.07) is 1.85. The van der Waals surface area contributed by atoms with E-state index in [1.165, 1.54) is 13.0 Å². The number of hydrogen-bond donors (Lipinski definition) is 0. The molecule has 7 nitrogen and oxygen atoms in total. The maximum Gasteiger partial charge on any atom is 0.350 e. The van der Waals surface area contributed by atoms with E-state index in [0.29, 0.717) is 5.39 Å². The van der Waals surface area contributed by atoms with E-state index in [-0.39, 0.29) is 16.6 Å². The van der Waals surface area contributed by atoms with Gasteiger partial charge in [-0.1, -0.05) is 0 Å². The van der Waals surface area contributed by atoms with Crippen LogP contribution in [0.4, 0.5) is 10.1 Å². The molecule has 0 radical (unpaired) electrons. The third-order valence-electron chi connectivity index (χ3n) is 3.01. The van der Waals surface area contributed by atoms with Crippen molar-refractivity contribution in [3.63, 3.8) is 0 Å². The van der Waals surface area contributed by atoms with Gasteiger partial charge >= 0.3 is 12.0 Å². The Labute approximate surface area is 117 Å². The number of nitro groups is 1. The van der Waals surface area contributed by atoms with Crippen LogP contribution >= 0.6 is 0 Å². The van der Waals surface area contributed by atoms with Crippen molar-refractivity contribution >= 4 is 28.6 Å². The van der Waals surface area contributed by atoms with Crippen molar-refractivity contribution in [2.45, 2.75) is 6.92 Å². The molecule has 1 heterocycles. The quantitative estimate of drug-likeness (QED) is 0.372. The van der Waals surface area contributed by atoms with Crippen molar-refractivity contribution in [1.29, 1.82) is 0 Å². The Morgan fingerprint density at radius 3 is 2.57 bits per heavy atom. The number of aryl methyl sites for hydroxylation is 1. The van der Waals surface area contributed by atoms with E-state index in [1.807, 2.05) is 0 Å². The number of nitro benzene ring substituents is 1. The summed E-state index contributed by atoms with van der Waals surface area (Å²) in [5.41, 5.74) is -0.865. The molecule has 2 rings (SSSR count). The van der Waals surface area contributed by atoms with E-state index < -0.39 is 28.3 Å². The first-order chi connectivity index (χ1) is 9.86. The number of halogens is 1. The molecule has 108 valence electrons. The Morgan fingerprint density at radius 1 is 1.38 bits per heavy atom. The second kappa shape index (κ2) is 5.23. The summed E-state index contributed by atoms with van der Waals surface area (Å²) in [5, 5.41) is 11.5. The smallest absolute Gasteiger partial charge is 0.350 e. The second-order valence-corrected chi connectivity index (χ2v) is 4.18. The van der Waals surface area contributed by atoms with Crippen LogP contribution in [0.15, 0.2) is 18.2 Å². The van der Waals surface area contributed by atoms with E-state index >= 15 is 0 Å². The summed E-state index contributed by atoms with van der Waals surface area (Å²) < 4.78 is 17.2. The SMILES string of the molecule is COC(=O)c1cc2nc(C(=O)F)ccc2c(C)c1[N+](=O)[O-]. The maximum atomic E-state index is 12.7. The number of esters is 1. The highest BCUT2D eigenvalue weighted by atomic mass is 19.1. The van der Waals surface area contributed by atoms with Crippen LogP contribution in [-0.4, -0.2) is 29.0 Å². The lowest BCUT2D eigenvalue weighted by Crippen LogP contribution is -2.08. The first-order valence-corrected chi connectivity index (χ1v) is 5.73. The van der Waals surface area contributed by atoms with Gasteiger partial charge in [0.15, 0.2) is 0 Å². The fourth-order valence-electron chi connectivity index (χ4n) is 2.05. The van der Waals surface area contributed by atoms with Gasteiger partial charge in [0.2, 0.25) is 0 Å². The summed E-state index contributed by atoms with van der Waals surface area (Å²) >= 11 is 0. The third kappa shape index (κ3) is 2.42. The number of nitrogens with zero attached hydrogens (tertiary/aromatic N) is 2. The van der Waals surface area contributed by atoms with Gasteiger partial charge in [-0.3, -0.25) is 14.9 Å². The van der Waals surface area contributed by atoms with E-state index in [0.717, 1.165) is 19.2 Å². The van der Waals surface area contributed by atoms with Crippen molar-refractivity contribution in [1.82, 2.24) is 4.98 Å². The monoisotopic (exact) mass is 292 g/mol. The average Bonchev–Trinajstić information content (AvgIpc) is 2.44. The van der Waals surface area contributed by atoms with Crippen LogP contribution in [0, 0.1) is 17.0 Å². The predicted molar refractivity (Wildman–Crippen MR) is 69.9 cm³/mol. The highest BCUT2D eigenvalue weighted by Gasteiger charge is 2.26. The fourth-order valence-corrected chi connectivity index (χ4v) is 2.05. The summed E-state index contributed by atoms with van der Waals surface area (Å²) in [7, 11) is 1.08. The number of carbonyl (C=O) groups excluding carboxylic acids is 2. The molecule has 0 bridgehead atoms. The molecule has 0 atom stereocenters. The van der Waals surface area contributed by atoms with E-state index in [2.05, 4.69) is 9.72 Å². The van der Waals surface area contributed by atoms with Gasteiger partial charge in [0.05, 0.1) is 17.5 Å². The topological polar surface area (TPSA) is 99.4 Å². The molecule has 0 aliphatic rings. The standard InChI is InChI=1S/C13H9FN2O5/c1-6-7-3-4-9(12(14)17)15-10(7)5-8(13(18)21-2)11(6)16(19)20/h3-5H,1-2H3. The molecule has 0 aliphatic carbocycles. The van der Waals surface area contributed by atoms with Crippen molar-refractivity contribution in [3.05, 3.63) is 45.1 Å². The van der Waals surface area contributed by atoms with E-state index in [4.69, 9.17) is 0 Å². The number of ether oxygens (including phenoxy) is 1. The van der Waals surface area contributed by atoms with Gasteiger partial charge in [0.25, 0.3) is 5.69 Å². The molecule has 0 aliphatic heterocycles. The van der Waals surface area contributed by atoms with Gasteiger partial charge in [-0.05, 0) is 25.1 Å². The zero-order valence-corrected chi connectivity index (χ0v) is 11.0. The maximum absolute atomic E-state index is 12.7. The van der Waals surface area contributed by atoms with Gasteiger partial charge in [0, 0.05) is 10.9 Å². The van der Waals surface area contributed by atoms with Crippen LogP contribution in [0.25, 0.3) is 10.9 Å². The first-order valence-electron chi connectivity index (χ1n) is 5.73. The summed E-state index contributed by atoms with van der Waals surface area (Å²) in [4.78, 5) is 36.6. The summed E-state index contributed by atoms with van der Waals surface area (Å²) in [5.74, 6) is -0.912. The average molecular weight is 292 g/mol. The van der Waals surface area contributed by atoms with Crippen molar-refractivity contribution in [2.24, 2.45) is 0 Å². The van der Waals surface area contributed by atoms with Crippen molar-refractivity contribution in [2.75, 3.05) is 7.11 Å². The van der Waals surface area contributed by atoms with Gasteiger partial charge in [-0.25, -0.2) is 9.78 Å². The van der Waals surface area contributed by atoms with Crippen molar-refractivity contribution in [3.8, 4) is 0 Å². The highest BCUT2D eigenvalue weighted by Crippen LogP contribution is 2.31. The molecular weight excluding hydrogens is 283 g/mol. The van der Waals surface area contributed by atoms with Gasteiger partial charge in [0.1, 0.15) is 11.3 Å². The number of fused-ring (bicyclic) bond motifs is 1. The Hall–Kier alpha value is -2.90. The minimum Gasteiger partial charge on any atom is -0.465 e. The number of aromatic nitrogens is 1. The number of benzene rings is 1. The lowest BCUT2D eigenvalue weighted by atomic mass is 10.0. The van der Waals surface area contributed by atoms with Gasteiger partial charge < -0.3 is 4.74 Å². The zero-order chi connectivity index (χ0) is 15.7. The van der Waals surface area contributed by atoms with Crippen LogP contribution in [0.1, 0.15) is 26.4 Å². The fraction of sp³-hybridized carbons (Fsp3) is 0.154. The van der Waals surface area contributed by atoms with E-state index in [9.17, 15) is 24.1 Å². The first kappa shape index (κ1) is 14.5. The molecule has 1 aromatic carbocycles. The summed E-state index contributed by atoms with van der Waals surface area (Å²) in [6.45, 7) is 1.44. The number of pyridine rings is 1. The largest absolute Gasteiger partial charge is 0.465 e.